The molecule has 2 aromatic rings. The van der Waals surface area contributed by atoms with Crippen LogP contribution in [-0.2, 0) is 4.79 Å². The molecule has 0 aliphatic carbocycles. The fourth-order valence-electron chi connectivity index (χ4n) is 1.37. The van der Waals surface area contributed by atoms with Gasteiger partial charge < -0.3 is 4.74 Å². The summed E-state index contributed by atoms with van der Waals surface area (Å²) in [4.78, 5) is 15.4. The number of nitrogens with zero attached hydrogens (tertiary/aromatic N) is 2. The van der Waals surface area contributed by atoms with Gasteiger partial charge in [0.05, 0.1) is 11.2 Å². The summed E-state index contributed by atoms with van der Waals surface area (Å²) in [6.45, 7) is -0.159. The number of nitrogens with one attached hydrogen (secondary N) is 1. The number of hydrazone groups is 1. The van der Waals surface area contributed by atoms with Crippen molar-refractivity contribution in [3.05, 3.63) is 59.4 Å². The largest absolute Gasteiger partial charge is 0.482 e. The first-order chi connectivity index (χ1) is 9.75. The standard InChI is InChI=1S/C14H12ClN3O2/c15-12-5-1-2-6-13(12)20-10-14(19)18-17-9-11-4-3-7-16-8-11/h1-9H,10H2,(H,18,19)/b17-9+. The van der Waals surface area contributed by atoms with Gasteiger partial charge in [-0.3, -0.25) is 9.78 Å². The van der Waals surface area contributed by atoms with E-state index in [1.807, 2.05) is 6.07 Å². The Morgan fingerprint density at radius 2 is 2.20 bits per heavy atom. The normalized spacial score (nSPS) is 10.4. The maximum Gasteiger partial charge on any atom is 0.277 e. The molecule has 1 amide bonds. The summed E-state index contributed by atoms with van der Waals surface area (Å²) >= 11 is 5.90. The lowest BCUT2D eigenvalue weighted by Crippen LogP contribution is -2.24. The number of hydrogen-bond donors (Lipinski definition) is 1. The molecule has 0 aliphatic rings. The summed E-state index contributed by atoms with van der Waals surface area (Å²) in [5.41, 5.74) is 3.15. The van der Waals surface area contributed by atoms with Gasteiger partial charge in [0.1, 0.15) is 5.75 Å². The van der Waals surface area contributed by atoms with Crippen molar-refractivity contribution < 1.29 is 9.53 Å². The number of aromatic nitrogens is 1. The molecule has 0 fully saturated rings. The molecule has 0 unspecified atom stereocenters. The highest BCUT2D eigenvalue weighted by atomic mass is 35.5. The van der Waals surface area contributed by atoms with Crippen LogP contribution in [0.2, 0.25) is 5.02 Å². The number of hydrogen-bond acceptors (Lipinski definition) is 4. The summed E-state index contributed by atoms with van der Waals surface area (Å²) in [5.74, 6) is 0.0885. The summed E-state index contributed by atoms with van der Waals surface area (Å²) < 4.78 is 5.27. The lowest BCUT2D eigenvalue weighted by atomic mass is 10.3. The molecule has 0 bridgehead atoms. The molecule has 0 aliphatic heterocycles. The van der Waals surface area contributed by atoms with E-state index in [1.165, 1.54) is 6.21 Å². The monoisotopic (exact) mass is 289 g/mol. The molecule has 1 aromatic carbocycles. The van der Waals surface area contributed by atoms with Crippen LogP contribution in [0.3, 0.4) is 0 Å². The van der Waals surface area contributed by atoms with Crippen LogP contribution in [-0.4, -0.2) is 23.7 Å². The number of halogens is 1. The molecule has 0 atom stereocenters. The second-order valence-electron chi connectivity index (χ2n) is 3.80. The van der Waals surface area contributed by atoms with Gasteiger partial charge in [0.15, 0.2) is 6.61 Å². The highest BCUT2D eigenvalue weighted by Crippen LogP contribution is 2.22. The SMILES string of the molecule is O=C(COc1ccccc1Cl)N/N=C/c1cccnc1. The predicted molar refractivity (Wildman–Crippen MR) is 76.9 cm³/mol. The molecule has 102 valence electrons. The van der Waals surface area contributed by atoms with E-state index >= 15 is 0 Å². The third kappa shape index (κ3) is 4.37. The van der Waals surface area contributed by atoms with Gasteiger partial charge in [0, 0.05) is 18.0 Å². The second kappa shape index (κ2) is 7.25. The Balaban J connectivity index is 1.79. The van der Waals surface area contributed by atoms with Crippen LogP contribution in [0.15, 0.2) is 53.9 Å². The van der Waals surface area contributed by atoms with Crippen molar-refractivity contribution in [2.45, 2.75) is 0 Å². The van der Waals surface area contributed by atoms with Crippen LogP contribution in [0.1, 0.15) is 5.56 Å². The van der Waals surface area contributed by atoms with E-state index in [1.54, 1.807) is 42.7 Å². The number of rotatable bonds is 5. The fourth-order valence-corrected chi connectivity index (χ4v) is 1.56. The lowest BCUT2D eigenvalue weighted by Gasteiger charge is -2.06. The van der Waals surface area contributed by atoms with Crippen molar-refractivity contribution in [2.24, 2.45) is 5.10 Å². The van der Waals surface area contributed by atoms with Crippen LogP contribution in [0.4, 0.5) is 0 Å². The van der Waals surface area contributed by atoms with Crippen LogP contribution in [0.5, 0.6) is 5.75 Å². The molecule has 2 rings (SSSR count). The molecular weight excluding hydrogens is 278 g/mol. The molecule has 0 spiro atoms. The minimum absolute atomic E-state index is 0.159. The molecule has 0 radical (unpaired) electrons. The molecular formula is C14H12ClN3O2. The van der Waals surface area contributed by atoms with Gasteiger partial charge in [-0.15, -0.1) is 0 Å². The minimum atomic E-state index is -0.370. The first kappa shape index (κ1) is 14.0. The average Bonchev–Trinajstić information content (AvgIpc) is 2.47. The molecule has 6 heteroatoms. The Hall–Kier alpha value is -2.40. The topological polar surface area (TPSA) is 63.6 Å². The van der Waals surface area contributed by atoms with Crippen LogP contribution < -0.4 is 10.2 Å². The number of carbonyl (C=O) groups is 1. The van der Waals surface area contributed by atoms with Crippen LogP contribution >= 0.6 is 11.6 Å². The van der Waals surface area contributed by atoms with Crippen molar-refractivity contribution in [3.8, 4) is 5.75 Å². The maximum absolute atomic E-state index is 11.5. The van der Waals surface area contributed by atoms with Gasteiger partial charge in [-0.2, -0.15) is 5.10 Å². The highest BCUT2D eigenvalue weighted by molar-refractivity contribution is 6.32. The summed E-state index contributed by atoms with van der Waals surface area (Å²) in [7, 11) is 0. The summed E-state index contributed by atoms with van der Waals surface area (Å²) in [6, 6.07) is 10.5. The van der Waals surface area contributed by atoms with Crippen molar-refractivity contribution in [1.82, 2.24) is 10.4 Å². The summed E-state index contributed by atoms with van der Waals surface area (Å²) in [5, 5.41) is 4.26. The van der Waals surface area contributed by atoms with Gasteiger partial charge in [0.25, 0.3) is 5.91 Å². The lowest BCUT2D eigenvalue weighted by molar-refractivity contribution is -0.123. The molecule has 20 heavy (non-hydrogen) atoms. The smallest absolute Gasteiger partial charge is 0.277 e. The number of benzene rings is 1. The van der Waals surface area contributed by atoms with Crippen molar-refractivity contribution >= 4 is 23.7 Å². The Morgan fingerprint density at radius 1 is 1.35 bits per heavy atom. The van der Waals surface area contributed by atoms with E-state index in [0.717, 1.165) is 5.56 Å². The Bertz CT molecular complexity index is 602. The average molecular weight is 290 g/mol. The minimum Gasteiger partial charge on any atom is -0.482 e. The number of pyridine rings is 1. The first-order valence-corrected chi connectivity index (χ1v) is 6.23. The highest BCUT2D eigenvalue weighted by Gasteiger charge is 2.03. The van der Waals surface area contributed by atoms with Gasteiger partial charge in [-0.25, -0.2) is 5.43 Å². The Kier molecular flexibility index (Phi) is 5.08. The second-order valence-corrected chi connectivity index (χ2v) is 4.21. The van der Waals surface area contributed by atoms with E-state index in [9.17, 15) is 4.79 Å². The van der Waals surface area contributed by atoms with Gasteiger partial charge in [0.2, 0.25) is 0 Å². The van der Waals surface area contributed by atoms with E-state index in [-0.39, 0.29) is 12.5 Å². The van der Waals surface area contributed by atoms with Crippen molar-refractivity contribution in [3.63, 3.8) is 0 Å². The zero-order valence-corrected chi connectivity index (χ0v) is 11.2. The van der Waals surface area contributed by atoms with E-state index < -0.39 is 0 Å². The van der Waals surface area contributed by atoms with Crippen LogP contribution in [0.25, 0.3) is 0 Å². The molecule has 1 heterocycles. The van der Waals surface area contributed by atoms with E-state index in [2.05, 4.69) is 15.5 Å². The zero-order valence-electron chi connectivity index (χ0n) is 10.5. The Morgan fingerprint density at radius 3 is 2.95 bits per heavy atom. The van der Waals surface area contributed by atoms with Gasteiger partial charge in [-0.1, -0.05) is 29.8 Å². The third-order valence-corrected chi connectivity index (χ3v) is 2.59. The number of carbonyl (C=O) groups excluding carboxylic acids is 1. The number of amides is 1. The van der Waals surface area contributed by atoms with Gasteiger partial charge in [-0.05, 0) is 18.2 Å². The Labute approximate surface area is 121 Å². The molecule has 0 saturated heterocycles. The fraction of sp³-hybridized carbons (Fsp3) is 0.0714. The quantitative estimate of drug-likeness (QED) is 0.678. The number of ether oxygens (including phenoxy) is 1. The van der Waals surface area contributed by atoms with Crippen molar-refractivity contribution in [2.75, 3.05) is 6.61 Å². The molecule has 0 saturated carbocycles. The zero-order chi connectivity index (χ0) is 14.2. The summed E-state index contributed by atoms with van der Waals surface area (Å²) in [6.07, 6.45) is 4.80. The van der Waals surface area contributed by atoms with Crippen LogP contribution in [0, 0.1) is 0 Å². The molecule has 5 nitrogen and oxygen atoms in total. The molecule has 1 N–H and O–H groups in total. The molecule has 1 aromatic heterocycles. The number of para-hydroxylation sites is 1. The van der Waals surface area contributed by atoms with E-state index in [4.69, 9.17) is 16.3 Å². The van der Waals surface area contributed by atoms with Crippen molar-refractivity contribution in [1.29, 1.82) is 0 Å². The van der Waals surface area contributed by atoms with E-state index in [0.29, 0.717) is 10.8 Å². The van der Waals surface area contributed by atoms with Gasteiger partial charge >= 0.3 is 0 Å². The third-order valence-electron chi connectivity index (χ3n) is 2.28. The predicted octanol–water partition coefficient (Wildman–Crippen LogP) is 2.26. The first-order valence-electron chi connectivity index (χ1n) is 5.85. The maximum atomic E-state index is 11.5.